The van der Waals surface area contributed by atoms with Gasteiger partial charge in [0.25, 0.3) is 0 Å². The lowest BCUT2D eigenvalue weighted by atomic mass is 10.1. The van der Waals surface area contributed by atoms with Gasteiger partial charge in [-0.25, -0.2) is 4.98 Å². The number of thiazole rings is 1. The van der Waals surface area contributed by atoms with Crippen molar-refractivity contribution in [3.8, 4) is 0 Å². The molecule has 2 aromatic rings. The van der Waals surface area contributed by atoms with E-state index in [-0.39, 0.29) is 17.1 Å². The fourth-order valence-corrected chi connectivity index (χ4v) is 4.32. The first kappa shape index (κ1) is 17.0. The lowest BCUT2D eigenvalue weighted by molar-refractivity contribution is -0.116. The summed E-state index contributed by atoms with van der Waals surface area (Å²) in [6, 6.07) is 7.90. The molecular weight excluding hydrogens is 342 g/mol. The SMILES string of the molecule is Cc1csc(NC(=O)CCSC2CCc3ccccc3NC2=O)n1. The highest BCUT2D eigenvalue weighted by molar-refractivity contribution is 8.00. The number of carbonyl (C=O) groups excluding carboxylic acids is 2. The first-order chi connectivity index (χ1) is 11.6. The zero-order valence-corrected chi connectivity index (χ0v) is 15.0. The van der Waals surface area contributed by atoms with Crippen LogP contribution < -0.4 is 10.6 Å². The Bertz CT molecular complexity index is 745. The van der Waals surface area contributed by atoms with Crippen LogP contribution in [0.2, 0.25) is 0 Å². The van der Waals surface area contributed by atoms with Crippen LogP contribution in [-0.4, -0.2) is 27.8 Å². The lowest BCUT2D eigenvalue weighted by Crippen LogP contribution is -2.24. The van der Waals surface area contributed by atoms with Crippen LogP contribution in [0.5, 0.6) is 0 Å². The maximum Gasteiger partial charge on any atom is 0.237 e. The Labute approximate surface area is 149 Å². The third-order valence-electron chi connectivity index (χ3n) is 3.76. The van der Waals surface area contributed by atoms with Crippen LogP contribution in [0.25, 0.3) is 0 Å². The Kier molecular flexibility index (Phi) is 5.52. The van der Waals surface area contributed by atoms with Gasteiger partial charge in [-0.15, -0.1) is 23.1 Å². The number of carbonyl (C=O) groups is 2. The zero-order valence-electron chi connectivity index (χ0n) is 13.4. The van der Waals surface area contributed by atoms with Crippen LogP contribution in [0.3, 0.4) is 0 Å². The largest absolute Gasteiger partial charge is 0.325 e. The van der Waals surface area contributed by atoms with E-state index in [2.05, 4.69) is 15.6 Å². The molecule has 2 amide bonds. The van der Waals surface area contributed by atoms with E-state index in [1.54, 1.807) is 11.8 Å². The van der Waals surface area contributed by atoms with Gasteiger partial charge in [0.15, 0.2) is 5.13 Å². The summed E-state index contributed by atoms with van der Waals surface area (Å²) in [5, 5.41) is 8.19. The van der Waals surface area contributed by atoms with Gasteiger partial charge in [-0.05, 0) is 31.4 Å². The van der Waals surface area contributed by atoms with E-state index < -0.39 is 0 Å². The molecule has 126 valence electrons. The highest BCUT2D eigenvalue weighted by Crippen LogP contribution is 2.27. The van der Waals surface area contributed by atoms with Gasteiger partial charge in [-0.2, -0.15) is 0 Å². The van der Waals surface area contributed by atoms with E-state index in [0.717, 1.165) is 24.2 Å². The molecule has 0 saturated heterocycles. The number of benzene rings is 1. The first-order valence-corrected chi connectivity index (χ1v) is 9.77. The van der Waals surface area contributed by atoms with Crippen molar-refractivity contribution in [2.45, 2.75) is 31.4 Å². The summed E-state index contributed by atoms with van der Waals surface area (Å²) in [6.07, 6.45) is 2.04. The van der Waals surface area contributed by atoms with Crippen LogP contribution in [0.1, 0.15) is 24.1 Å². The number of hydrogen-bond donors (Lipinski definition) is 2. The van der Waals surface area contributed by atoms with Gasteiger partial charge in [0.05, 0.1) is 10.9 Å². The normalized spacial score (nSPS) is 16.9. The highest BCUT2D eigenvalue weighted by atomic mass is 32.2. The van der Waals surface area contributed by atoms with Gasteiger partial charge in [-0.1, -0.05) is 18.2 Å². The Hall–Kier alpha value is -1.86. The van der Waals surface area contributed by atoms with Crippen molar-refractivity contribution in [3.63, 3.8) is 0 Å². The zero-order chi connectivity index (χ0) is 16.9. The number of fused-ring (bicyclic) bond motifs is 1. The molecule has 1 unspecified atom stereocenters. The smallest absolute Gasteiger partial charge is 0.237 e. The van der Waals surface area contributed by atoms with Crippen molar-refractivity contribution in [2.75, 3.05) is 16.4 Å². The summed E-state index contributed by atoms with van der Waals surface area (Å²) >= 11 is 2.97. The van der Waals surface area contributed by atoms with Crippen molar-refractivity contribution >= 4 is 45.7 Å². The second-order valence-electron chi connectivity index (χ2n) is 5.64. The summed E-state index contributed by atoms with van der Waals surface area (Å²) in [5.74, 6) is 0.583. The average Bonchev–Trinajstić information content (AvgIpc) is 2.88. The van der Waals surface area contributed by atoms with Gasteiger partial charge in [0.2, 0.25) is 11.8 Å². The van der Waals surface area contributed by atoms with Gasteiger partial charge in [-0.3, -0.25) is 9.59 Å². The highest BCUT2D eigenvalue weighted by Gasteiger charge is 2.23. The quantitative estimate of drug-likeness (QED) is 0.855. The van der Waals surface area contributed by atoms with Crippen molar-refractivity contribution in [1.29, 1.82) is 0 Å². The summed E-state index contributed by atoms with van der Waals surface area (Å²) in [6.45, 7) is 1.89. The number of aryl methyl sites for hydroxylation is 2. The minimum Gasteiger partial charge on any atom is -0.325 e. The summed E-state index contributed by atoms with van der Waals surface area (Å²) < 4.78 is 0. The molecule has 0 saturated carbocycles. The molecule has 0 radical (unpaired) electrons. The Morgan fingerprint density at radius 3 is 3.08 bits per heavy atom. The molecule has 0 spiro atoms. The molecule has 24 heavy (non-hydrogen) atoms. The average molecular weight is 361 g/mol. The summed E-state index contributed by atoms with van der Waals surface area (Å²) in [4.78, 5) is 28.5. The van der Waals surface area contributed by atoms with Gasteiger partial charge in [0, 0.05) is 23.2 Å². The second kappa shape index (κ2) is 7.81. The number of amides is 2. The molecule has 1 atom stereocenters. The van der Waals surface area contributed by atoms with E-state index in [1.165, 1.54) is 16.9 Å². The fraction of sp³-hybridized carbons (Fsp3) is 0.353. The predicted molar refractivity (Wildman–Crippen MR) is 99.7 cm³/mol. The number of aromatic nitrogens is 1. The van der Waals surface area contributed by atoms with Gasteiger partial charge >= 0.3 is 0 Å². The molecule has 1 aliphatic rings. The van der Waals surface area contributed by atoms with Crippen molar-refractivity contribution in [2.24, 2.45) is 0 Å². The Morgan fingerprint density at radius 2 is 2.29 bits per heavy atom. The maximum absolute atomic E-state index is 12.3. The fourth-order valence-electron chi connectivity index (χ4n) is 2.54. The van der Waals surface area contributed by atoms with E-state index in [4.69, 9.17) is 0 Å². The first-order valence-electron chi connectivity index (χ1n) is 7.84. The van der Waals surface area contributed by atoms with Crippen LogP contribution in [0, 0.1) is 6.92 Å². The minimum atomic E-state index is -0.118. The molecule has 2 heterocycles. The standard InChI is InChI=1S/C17H19N3O2S2/c1-11-10-24-17(18-11)20-15(21)8-9-23-14-7-6-12-4-2-3-5-13(12)19-16(14)22/h2-5,10,14H,6-9H2,1H3,(H,19,22)(H,18,20,21). The molecule has 1 aromatic carbocycles. The van der Waals surface area contributed by atoms with Gasteiger partial charge < -0.3 is 10.6 Å². The number of nitrogens with zero attached hydrogens (tertiary/aromatic N) is 1. The number of hydrogen-bond acceptors (Lipinski definition) is 5. The molecule has 5 nitrogen and oxygen atoms in total. The number of para-hydroxylation sites is 1. The summed E-state index contributed by atoms with van der Waals surface area (Å²) in [5.41, 5.74) is 2.98. The van der Waals surface area contributed by atoms with Crippen LogP contribution in [0.15, 0.2) is 29.6 Å². The van der Waals surface area contributed by atoms with E-state index in [0.29, 0.717) is 17.3 Å². The van der Waals surface area contributed by atoms with E-state index in [1.807, 2.05) is 36.6 Å². The summed E-state index contributed by atoms with van der Waals surface area (Å²) in [7, 11) is 0. The van der Waals surface area contributed by atoms with Crippen molar-refractivity contribution in [1.82, 2.24) is 4.98 Å². The lowest BCUT2D eigenvalue weighted by Gasteiger charge is -2.12. The molecule has 0 bridgehead atoms. The van der Waals surface area contributed by atoms with E-state index >= 15 is 0 Å². The number of anilines is 2. The number of nitrogens with one attached hydrogen (secondary N) is 2. The Balaban J connectivity index is 1.47. The molecule has 0 aliphatic carbocycles. The topological polar surface area (TPSA) is 71.1 Å². The molecule has 1 aliphatic heterocycles. The van der Waals surface area contributed by atoms with E-state index in [9.17, 15) is 9.59 Å². The molecule has 1 aromatic heterocycles. The third kappa shape index (κ3) is 4.36. The maximum atomic E-state index is 12.3. The molecule has 0 fully saturated rings. The van der Waals surface area contributed by atoms with Crippen molar-refractivity contribution in [3.05, 3.63) is 40.9 Å². The van der Waals surface area contributed by atoms with Crippen LogP contribution >= 0.6 is 23.1 Å². The molecule has 2 N–H and O–H groups in total. The minimum absolute atomic E-state index is 0.0286. The number of rotatable bonds is 5. The second-order valence-corrected chi connectivity index (χ2v) is 7.81. The van der Waals surface area contributed by atoms with Crippen molar-refractivity contribution < 1.29 is 9.59 Å². The van der Waals surface area contributed by atoms with Crippen LogP contribution in [0.4, 0.5) is 10.8 Å². The Morgan fingerprint density at radius 1 is 1.46 bits per heavy atom. The monoisotopic (exact) mass is 361 g/mol. The predicted octanol–water partition coefficient (Wildman–Crippen LogP) is 3.47. The molecule has 7 heteroatoms. The molecular formula is C17H19N3O2S2. The third-order valence-corrected chi connectivity index (χ3v) is 5.92. The van der Waals surface area contributed by atoms with Gasteiger partial charge in [0.1, 0.15) is 0 Å². The van der Waals surface area contributed by atoms with Crippen LogP contribution in [-0.2, 0) is 16.0 Å². The number of thioether (sulfide) groups is 1. The molecule has 3 rings (SSSR count).